The highest BCUT2D eigenvalue weighted by Gasteiger charge is 2.22. The average Bonchev–Trinajstić information content (AvgIpc) is 3.08. The quantitative estimate of drug-likeness (QED) is 0.174. The molecular formula is C36H31N3O6. The molecule has 2 amide bonds. The Labute approximate surface area is 260 Å². The van der Waals surface area contributed by atoms with Crippen molar-refractivity contribution in [1.29, 1.82) is 0 Å². The van der Waals surface area contributed by atoms with E-state index in [0.717, 1.165) is 11.1 Å². The number of benzene rings is 4. The molecule has 0 aliphatic carbocycles. The van der Waals surface area contributed by atoms with Gasteiger partial charge in [0.2, 0.25) is 0 Å². The third-order valence-electron chi connectivity index (χ3n) is 6.84. The average molecular weight is 602 g/mol. The maximum absolute atomic E-state index is 13.2. The Morgan fingerprint density at radius 1 is 0.711 bits per heavy atom. The van der Waals surface area contributed by atoms with Crippen LogP contribution in [0.2, 0.25) is 0 Å². The Hall–Kier alpha value is -5.96. The number of para-hydroxylation sites is 1. The molecule has 0 spiro atoms. The van der Waals surface area contributed by atoms with Gasteiger partial charge < -0.3 is 19.9 Å². The third kappa shape index (κ3) is 8.55. The van der Waals surface area contributed by atoms with Crippen LogP contribution in [0.25, 0.3) is 0 Å². The van der Waals surface area contributed by atoms with Crippen molar-refractivity contribution >= 4 is 29.3 Å². The minimum Gasteiger partial charge on any atom is -0.489 e. The first kappa shape index (κ1) is 30.5. The zero-order valence-corrected chi connectivity index (χ0v) is 24.3. The number of carbonyl (C=O) groups excluding carboxylic acids is 2. The fraction of sp³-hybridized carbons (Fsp3) is 0.111. The smallest absolute Gasteiger partial charge is 0.326 e. The number of carboxylic acids is 1. The van der Waals surface area contributed by atoms with E-state index in [9.17, 15) is 19.5 Å². The van der Waals surface area contributed by atoms with Gasteiger partial charge in [-0.15, -0.1) is 0 Å². The van der Waals surface area contributed by atoms with E-state index in [4.69, 9.17) is 9.47 Å². The van der Waals surface area contributed by atoms with Crippen LogP contribution in [0.15, 0.2) is 134 Å². The number of hydrogen-bond donors (Lipinski definition) is 2. The number of ether oxygens (including phenoxy) is 2. The number of rotatable bonds is 13. The first-order chi connectivity index (χ1) is 22.0. The van der Waals surface area contributed by atoms with Crippen LogP contribution in [0.4, 0.5) is 11.5 Å². The number of nitrogens with one attached hydrogen (secondary N) is 1. The highest BCUT2D eigenvalue weighted by Crippen LogP contribution is 2.24. The van der Waals surface area contributed by atoms with Gasteiger partial charge in [0.05, 0.1) is 5.69 Å². The molecule has 1 heterocycles. The lowest BCUT2D eigenvalue weighted by Gasteiger charge is -2.22. The van der Waals surface area contributed by atoms with Crippen LogP contribution in [0.1, 0.15) is 21.5 Å². The molecule has 45 heavy (non-hydrogen) atoms. The summed E-state index contributed by atoms with van der Waals surface area (Å²) in [6, 6.07) is 36.3. The Morgan fingerprint density at radius 2 is 1.33 bits per heavy atom. The van der Waals surface area contributed by atoms with Gasteiger partial charge >= 0.3 is 5.97 Å². The lowest BCUT2D eigenvalue weighted by Crippen LogP contribution is -2.42. The second kappa shape index (κ2) is 15.0. The maximum Gasteiger partial charge on any atom is 0.326 e. The normalized spacial score (nSPS) is 11.2. The van der Waals surface area contributed by atoms with E-state index >= 15 is 0 Å². The summed E-state index contributed by atoms with van der Waals surface area (Å²) in [7, 11) is 0. The molecule has 9 nitrogen and oxygen atoms in total. The SMILES string of the molecule is O=C(NC(Cc1ccc(OCc2ccccc2)cc1)C(=O)O)c1ccc(OCC(=O)N(c2ccccc2)c2ccccn2)cc1. The van der Waals surface area contributed by atoms with Crippen LogP contribution < -0.4 is 19.7 Å². The lowest BCUT2D eigenvalue weighted by molar-refractivity contribution is -0.139. The van der Waals surface area contributed by atoms with Crippen LogP contribution in [0.5, 0.6) is 11.5 Å². The topological polar surface area (TPSA) is 118 Å². The predicted octanol–water partition coefficient (Wildman–Crippen LogP) is 5.83. The van der Waals surface area contributed by atoms with Gasteiger partial charge in [0, 0.05) is 18.2 Å². The molecule has 1 unspecified atom stereocenters. The Bertz CT molecular complexity index is 1660. The Morgan fingerprint density at radius 3 is 1.98 bits per heavy atom. The Kier molecular flexibility index (Phi) is 10.1. The number of aliphatic carboxylic acids is 1. The first-order valence-electron chi connectivity index (χ1n) is 14.3. The predicted molar refractivity (Wildman–Crippen MR) is 170 cm³/mol. The molecule has 4 aromatic carbocycles. The van der Waals surface area contributed by atoms with E-state index in [1.165, 1.54) is 17.0 Å². The minimum atomic E-state index is -1.15. The number of carboxylic acid groups (broad SMARTS) is 1. The van der Waals surface area contributed by atoms with Gasteiger partial charge in [-0.2, -0.15) is 0 Å². The molecule has 0 saturated carbocycles. The first-order valence-corrected chi connectivity index (χ1v) is 14.3. The van der Waals surface area contributed by atoms with Gasteiger partial charge in [-0.25, -0.2) is 9.78 Å². The second-order valence-corrected chi connectivity index (χ2v) is 10.1. The minimum absolute atomic E-state index is 0.0948. The van der Waals surface area contributed by atoms with Crippen molar-refractivity contribution in [2.45, 2.75) is 19.1 Å². The van der Waals surface area contributed by atoms with E-state index in [0.29, 0.717) is 29.6 Å². The fourth-order valence-corrected chi connectivity index (χ4v) is 4.52. The largest absolute Gasteiger partial charge is 0.489 e. The molecule has 1 atom stereocenters. The molecule has 0 bridgehead atoms. The number of hydrogen-bond acceptors (Lipinski definition) is 6. The molecule has 0 aliphatic rings. The molecule has 1 aromatic heterocycles. The summed E-state index contributed by atoms with van der Waals surface area (Å²) < 4.78 is 11.5. The van der Waals surface area contributed by atoms with Crippen LogP contribution in [0, 0.1) is 0 Å². The van der Waals surface area contributed by atoms with E-state index in [1.54, 1.807) is 72.9 Å². The van der Waals surface area contributed by atoms with Crippen molar-refractivity contribution in [2.75, 3.05) is 11.5 Å². The van der Waals surface area contributed by atoms with Crippen molar-refractivity contribution in [3.63, 3.8) is 0 Å². The summed E-state index contributed by atoms with van der Waals surface area (Å²) in [6.07, 6.45) is 1.70. The summed E-state index contributed by atoms with van der Waals surface area (Å²) in [5, 5.41) is 12.4. The van der Waals surface area contributed by atoms with Gasteiger partial charge in [-0.1, -0.05) is 66.7 Å². The highest BCUT2D eigenvalue weighted by atomic mass is 16.5. The van der Waals surface area contributed by atoms with Gasteiger partial charge in [-0.3, -0.25) is 14.5 Å². The highest BCUT2D eigenvalue weighted by molar-refractivity contribution is 6.00. The number of pyridine rings is 1. The summed E-state index contributed by atoms with van der Waals surface area (Å²) >= 11 is 0. The summed E-state index contributed by atoms with van der Waals surface area (Å²) in [4.78, 5) is 43.8. The van der Waals surface area contributed by atoms with Gasteiger partial charge in [-0.05, 0) is 71.8 Å². The molecule has 0 fully saturated rings. The van der Waals surface area contributed by atoms with Crippen molar-refractivity contribution in [1.82, 2.24) is 10.3 Å². The molecule has 9 heteroatoms. The number of aromatic nitrogens is 1. The van der Waals surface area contributed by atoms with Crippen molar-refractivity contribution in [3.8, 4) is 11.5 Å². The van der Waals surface area contributed by atoms with Gasteiger partial charge in [0.1, 0.15) is 30.0 Å². The van der Waals surface area contributed by atoms with Crippen LogP contribution in [-0.2, 0) is 22.6 Å². The number of anilines is 2. The molecule has 5 rings (SSSR count). The number of carbonyl (C=O) groups is 3. The molecule has 0 radical (unpaired) electrons. The fourth-order valence-electron chi connectivity index (χ4n) is 4.52. The lowest BCUT2D eigenvalue weighted by atomic mass is 10.1. The Balaban J connectivity index is 1.15. The second-order valence-electron chi connectivity index (χ2n) is 10.1. The molecular weight excluding hydrogens is 570 g/mol. The van der Waals surface area contributed by atoms with Crippen LogP contribution >= 0.6 is 0 Å². The zero-order chi connectivity index (χ0) is 31.4. The molecule has 2 N–H and O–H groups in total. The summed E-state index contributed by atoms with van der Waals surface area (Å²) in [5.41, 5.74) is 2.68. The van der Waals surface area contributed by atoms with Gasteiger partial charge in [0.25, 0.3) is 11.8 Å². The monoisotopic (exact) mass is 601 g/mol. The summed E-state index contributed by atoms with van der Waals surface area (Å²) in [6.45, 7) is 0.152. The van der Waals surface area contributed by atoms with Crippen LogP contribution in [-0.4, -0.2) is 40.5 Å². The van der Waals surface area contributed by atoms with Crippen LogP contribution in [0.3, 0.4) is 0 Å². The number of amides is 2. The van der Waals surface area contributed by atoms with E-state index in [-0.39, 0.29) is 24.5 Å². The molecule has 226 valence electrons. The van der Waals surface area contributed by atoms with Crippen molar-refractivity contribution in [3.05, 3.63) is 150 Å². The van der Waals surface area contributed by atoms with E-state index in [2.05, 4.69) is 10.3 Å². The van der Waals surface area contributed by atoms with Crippen molar-refractivity contribution < 1.29 is 29.0 Å². The van der Waals surface area contributed by atoms with E-state index in [1.807, 2.05) is 48.5 Å². The summed E-state index contributed by atoms with van der Waals surface area (Å²) in [5.74, 6) is -0.530. The van der Waals surface area contributed by atoms with E-state index < -0.39 is 17.9 Å². The molecule has 5 aromatic rings. The molecule has 0 aliphatic heterocycles. The van der Waals surface area contributed by atoms with Crippen molar-refractivity contribution in [2.24, 2.45) is 0 Å². The molecule has 0 saturated heterocycles. The zero-order valence-electron chi connectivity index (χ0n) is 24.3. The number of nitrogens with zero attached hydrogens (tertiary/aromatic N) is 2. The third-order valence-corrected chi connectivity index (χ3v) is 6.84. The standard InChI is InChI=1S/C36H31N3O6/c40-34(39(29-11-5-2-6-12-29)33-13-7-8-22-37-33)25-45-31-20-16-28(17-21-31)35(41)38-32(36(42)43)23-26-14-18-30(19-15-26)44-24-27-9-3-1-4-10-27/h1-22,32H,23-25H2,(H,38,41)(H,42,43). The maximum atomic E-state index is 13.2. The van der Waals surface area contributed by atoms with Gasteiger partial charge in [0.15, 0.2) is 6.61 Å².